The van der Waals surface area contributed by atoms with Crippen molar-refractivity contribution in [3.8, 4) is 11.5 Å². The van der Waals surface area contributed by atoms with E-state index < -0.39 is 0 Å². The van der Waals surface area contributed by atoms with Gasteiger partial charge in [-0.3, -0.25) is 0 Å². The summed E-state index contributed by atoms with van der Waals surface area (Å²) in [5.41, 5.74) is 2.10. The van der Waals surface area contributed by atoms with Gasteiger partial charge in [0.25, 0.3) is 0 Å². The van der Waals surface area contributed by atoms with Crippen LogP contribution in [0.15, 0.2) is 42.5 Å². The summed E-state index contributed by atoms with van der Waals surface area (Å²) in [7, 11) is 1.68. The van der Waals surface area contributed by atoms with Crippen molar-refractivity contribution in [2.45, 2.75) is 32.0 Å². The highest BCUT2D eigenvalue weighted by atomic mass is 35.5. The third kappa shape index (κ3) is 4.23. The molecule has 2 bridgehead atoms. The molecule has 3 aliphatic rings. The van der Waals surface area contributed by atoms with Gasteiger partial charge in [-0.15, -0.1) is 0 Å². The van der Waals surface area contributed by atoms with Crippen LogP contribution in [0.25, 0.3) is 0 Å². The predicted octanol–water partition coefficient (Wildman–Crippen LogP) is 4.11. The van der Waals surface area contributed by atoms with Gasteiger partial charge in [0.1, 0.15) is 6.61 Å². The van der Waals surface area contributed by atoms with Crippen molar-refractivity contribution in [3.05, 3.63) is 58.6 Å². The monoisotopic (exact) mass is 386 g/mol. The molecule has 0 aliphatic carbocycles. The Bertz CT molecular complexity index is 775. The number of methoxy groups -OCH3 is 1. The third-order valence-electron chi connectivity index (χ3n) is 5.82. The number of halogens is 1. The Kier molecular flexibility index (Phi) is 5.86. The Labute approximate surface area is 166 Å². The Balaban J connectivity index is 1.46. The smallest absolute Gasteiger partial charge is 0.166 e. The molecule has 0 amide bonds. The van der Waals surface area contributed by atoms with Gasteiger partial charge < -0.3 is 19.7 Å². The van der Waals surface area contributed by atoms with E-state index in [1.807, 2.05) is 36.4 Å². The Morgan fingerprint density at radius 2 is 1.85 bits per heavy atom. The van der Waals surface area contributed by atoms with Gasteiger partial charge in [0.05, 0.1) is 7.11 Å². The van der Waals surface area contributed by atoms with E-state index in [0.29, 0.717) is 12.6 Å². The molecule has 2 aromatic carbocycles. The maximum Gasteiger partial charge on any atom is 0.166 e. The van der Waals surface area contributed by atoms with Crippen LogP contribution in [0.3, 0.4) is 0 Å². The molecular weight excluding hydrogens is 360 g/mol. The van der Waals surface area contributed by atoms with Crippen molar-refractivity contribution in [2.75, 3.05) is 26.7 Å². The number of rotatable bonds is 7. The summed E-state index contributed by atoms with van der Waals surface area (Å²) >= 11 is 6.27. The maximum atomic E-state index is 6.27. The van der Waals surface area contributed by atoms with E-state index in [1.165, 1.54) is 25.9 Å². The average molecular weight is 387 g/mol. The minimum Gasteiger partial charge on any atom is -0.493 e. The van der Waals surface area contributed by atoms with Crippen LogP contribution in [-0.2, 0) is 13.2 Å². The summed E-state index contributed by atoms with van der Waals surface area (Å²) < 4.78 is 11.7. The van der Waals surface area contributed by atoms with Crippen LogP contribution in [-0.4, -0.2) is 37.7 Å². The molecule has 3 heterocycles. The minimum absolute atomic E-state index is 0.423. The molecule has 27 heavy (non-hydrogen) atoms. The Morgan fingerprint density at radius 1 is 1.07 bits per heavy atom. The van der Waals surface area contributed by atoms with Gasteiger partial charge in [0.2, 0.25) is 0 Å². The van der Waals surface area contributed by atoms with Gasteiger partial charge in [0, 0.05) is 35.3 Å². The zero-order chi connectivity index (χ0) is 18.6. The van der Waals surface area contributed by atoms with E-state index in [9.17, 15) is 0 Å². The number of para-hydroxylation sites is 1. The quantitative estimate of drug-likeness (QED) is 0.776. The fourth-order valence-corrected chi connectivity index (χ4v) is 4.42. The van der Waals surface area contributed by atoms with Crippen LogP contribution in [0.5, 0.6) is 11.5 Å². The minimum atomic E-state index is 0.423. The normalized spacial score (nSPS) is 24.0. The molecule has 0 saturated carbocycles. The first-order valence-corrected chi connectivity index (χ1v) is 10.1. The van der Waals surface area contributed by atoms with E-state index in [1.54, 1.807) is 7.11 Å². The molecule has 5 heteroatoms. The fourth-order valence-electron chi connectivity index (χ4n) is 4.23. The van der Waals surface area contributed by atoms with Gasteiger partial charge in [-0.2, -0.15) is 0 Å². The molecule has 1 unspecified atom stereocenters. The molecule has 144 valence electrons. The first-order valence-electron chi connectivity index (χ1n) is 9.72. The topological polar surface area (TPSA) is 33.7 Å². The SMILES string of the molecule is COc1cccc(CNC2CN3CCC2CC3)c1OCc1ccccc1Cl. The molecule has 3 fully saturated rings. The second-order valence-corrected chi connectivity index (χ2v) is 7.86. The van der Waals surface area contributed by atoms with Gasteiger partial charge in [-0.25, -0.2) is 0 Å². The standard InChI is InChI=1S/C22H27ClN2O2/c1-26-21-8-4-6-17(13-24-20-14-25-11-9-16(20)10-12-25)22(21)27-15-18-5-2-3-7-19(18)23/h2-8,16,20,24H,9-15H2,1H3. The van der Waals surface area contributed by atoms with Crippen molar-refractivity contribution in [1.82, 2.24) is 10.2 Å². The van der Waals surface area contributed by atoms with Crippen LogP contribution in [0.4, 0.5) is 0 Å². The van der Waals surface area contributed by atoms with Crippen LogP contribution in [0, 0.1) is 5.92 Å². The van der Waals surface area contributed by atoms with E-state index in [4.69, 9.17) is 21.1 Å². The van der Waals surface area contributed by atoms with Crippen molar-refractivity contribution in [3.63, 3.8) is 0 Å². The van der Waals surface area contributed by atoms with Gasteiger partial charge in [-0.1, -0.05) is 41.9 Å². The molecule has 0 aromatic heterocycles. The molecule has 1 N–H and O–H groups in total. The summed E-state index contributed by atoms with van der Waals surface area (Å²) in [5, 5.41) is 4.49. The molecule has 2 aromatic rings. The highest BCUT2D eigenvalue weighted by Gasteiger charge is 2.33. The number of fused-ring (bicyclic) bond motifs is 3. The lowest BCUT2D eigenvalue weighted by Crippen LogP contribution is -2.55. The Hall–Kier alpha value is -1.75. The van der Waals surface area contributed by atoms with E-state index in [2.05, 4.69) is 16.3 Å². The molecule has 3 saturated heterocycles. The second-order valence-electron chi connectivity index (χ2n) is 7.45. The summed E-state index contributed by atoms with van der Waals surface area (Å²) in [6.07, 6.45) is 2.62. The van der Waals surface area contributed by atoms with Crippen LogP contribution in [0.1, 0.15) is 24.0 Å². The predicted molar refractivity (Wildman–Crippen MR) is 109 cm³/mol. The summed E-state index contributed by atoms with van der Waals surface area (Å²) in [5.74, 6) is 2.36. The Morgan fingerprint density at radius 3 is 2.56 bits per heavy atom. The lowest BCUT2D eigenvalue weighted by molar-refractivity contribution is 0.0718. The van der Waals surface area contributed by atoms with Crippen molar-refractivity contribution < 1.29 is 9.47 Å². The lowest BCUT2D eigenvalue weighted by Gasteiger charge is -2.45. The summed E-state index contributed by atoms with van der Waals surface area (Å²) in [6, 6.07) is 14.4. The van der Waals surface area contributed by atoms with Crippen LogP contribution in [0.2, 0.25) is 5.02 Å². The van der Waals surface area contributed by atoms with Crippen LogP contribution < -0.4 is 14.8 Å². The van der Waals surface area contributed by atoms with Crippen LogP contribution >= 0.6 is 11.6 Å². The number of benzene rings is 2. The van der Waals surface area contributed by atoms with Gasteiger partial charge in [0.15, 0.2) is 11.5 Å². The first-order chi connectivity index (χ1) is 13.2. The zero-order valence-electron chi connectivity index (χ0n) is 15.8. The number of hydrogen-bond donors (Lipinski definition) is 1. The maximum absolute atomic E-state index is 6.27. The van der Waals surface area contributed by atoms with Gasteiger partial charge in [-0.05, 0) is 44.0 Å². The number of nitrogens with zero attached hydrogens (tertiary/aromatic N) is 1. The highest BCUT2D eigenvalue weighted by molar-refractivity contribution is 6.31. The largest absolute Gasteiger partial charge is 0.493 e. The zero-order valence-corrected chi connectivity index (χ0v) is 16.5. The number of hydrogen-bond acceptors (Lipinski definition) is 4. The number of piperidine rings is 3. The van der Waals surface area contributed by atoms with E-state index >= 15 is 0 Å². The van der Waals surface area contributed by atoms with Gasteiger partial charge >= 0.3 is 0 Å². The molecule has 1 atom stereocenters. The molecule has 3 aliphatic heterocycles. The molecule has 5 rings (SSSR count). The molecule has 4 nitrogen and oxygen atoms in total. The fraction of sp³-hybridized carbons (Fsp3) is 0.455. The second kappa shape index (κ2) is 8.51. The average Bonchev–Trinajstić information content (AvgIpc) is 2.72. The van der Waals surface area contributed by atoms with E-state index in [-0.39, 0.29) is 0 Å². The molecule has 0 radical (unpaired) electrons. The van der Waals surface area contributed by atoms with Crippen molar-refractivity contribution in [2.24, 2.45) is 5.92 Å². The summed E-state index contributed by atoms with van der Waals surface area (Å²) in [6.45, 7) is 4.88. The van der Waals surface area contributed by atoms with E-state index in [0.717, 1.165) is 46.7 Å². The first kappa shape index (κ1) is 18.6. The summed E-state index contributed by atoms with van der Waals surface area (Å²) in [4.78, 5) is 2.57. The van der Waals surface area contributed by atoms with Crippen molar-refractivity contribution in [1.29, 1.82) is 0 Å². The lowest BCUT2D eigenvalue weighted by atomic mass is 9.84. The molecule has 0 spiro atoms. The van der Waals surface area contributed by atoms with Crippen molar-refractivity contribution >= 4 is 11.6 Å². The highest BCUT2D eigenvalue weighted by Crippen LogP contribution is 2.33. The third-order valence-corrected chi connectivity index (χ3v) is 6.19. The number of nitrogens with one attached hydrogen (secondary N) is 1. The number of ether oxygens (including phenoxy) is 2. The molecular formula is C22H27ClN2O2.